The Morgan fingerprint density at radius 3 is 3.00 bits per heavy atom. The first-order valence-corrected chi connectivity index (χ1v) is 6.75. The van der Waals surface area contributed by atoms with Crippen LogP contribution in [0.2, 0.25) is 5.02 Å². The first-order chi connectivity index (χ1) is 9.58. The summed E-state index contributed by atoms with van der Waals surface area (Å²) in [5.41, 5.74) is 0.110. The van der Waals surface area contributed by atoms with Crippen LogP contribution in [0.5, 0.6) is 0 Å². The highest BCUT2D eigenvalue weighted by Gasteiger charge is 2.09. The Bertz CT molecular complexity index is 622. The molecule has 0 unspecified atom stereocenters. The van der Waals surface area contributed by atoms with E-state index in [0.29, 0.717) is 24.5 Å². The number of nitrogens with zero attached hydrogens (tertiary/aromatic N) is 3. The Kier molecular flexibility index (Phi) is 4.73. The van der Waals surface area contributed by atoms with Gasteiger partial charge >= 0.3 is 0 Å². The van der Waals surface area contributed by atoms with Crippen LogP contribution < -0.4 is 10.9 Å². The van der Waals surface area contributed by atoms with Crippen molar-refractivity contribution >= 4 is 17.3 Å². The largest absolute Gasteiger partial charge is 0.382 e. The lowest BCUT2D eigenvalue weighted by atomic mass is 10.2. The van der Waals surface area contributed by atoms with Gasteiger partial charge in [-0.3, -0.25) is 4.79 Å². The summed E-state index contributed by atoms with van der Waals surface area (Å²) in [5, 5.41) is 13.0. The molecule has 0 bridgehead atoms. The van der Waals surface area contributed by atoms with E-state index in [4.69, 9.17) is 16.1 Å². The van der Waals surface area contributed by atoms with Gasteiger partial charge in [0.2, 0.25) is 5.89 Å². The fraction of sp³-hybridized carbons (Fsp3) is 0.500. The van der Waals surface area contributed by atoms with E-state index in [1.54, 1.807) is 0 Å². The van der Waals surface area contributed by atoms with E-state index in [-0.39, 0.29) is 10.9 Å². The summed E-state index contributed by atoms with van der Waals surface area (Å²) >= 11 is 5.84. The number of nitrogens with one attached hydrogen (secondary N) is 2. The Labute approximate surface area is 120 Å². The predicted octanol–water partition coefficient (Wildman–Crippen LogP) is 1.97. The SMILES string of the molecule is CC(C)c1noc(CCCNc2cn[nH]c(=O)c2Cl)n1. The van der Waals surface area contributed by atoms with Crippen molar-refractivity contribution in [1.29, 1.82) is 0 Å². The van der Waals surface area contributed by atoms with Gasteiger partial charge in [0.15, 0.2) is 5.82 Å². The molecular weight excluding hydrogens is 282 g/mol. The Hall–Kier alpha value is -1.89. The highest BCUT2D eigenvalue weighted by molar-refractivity contribution is 6.32. The molecular formula is C12H16ClN5O2. The Balaban J connectivity index is 1.81. The minimum Gasteiger partial charge on any atom is -0.382 e. The van der Waals surface area contributed by atoms with Crippen molar-refractivity contribution in [2.75, 3.05) is 11.9 Å². The van der Waals surface area contributed by atoms with Gasteiger partial charge in [-0.1, -0.05) is 30.6 Å². The lowest BCUT2D eigenvalue weighted by Gasteiger charge is -2.05. The highest BCUT2D eigenvalue weighted by Crippen LogP contribution is 2.14. The second-order valence-corrected chi connectivity index (χ2v) is 5.04. The summed E-state index contributed by atoms with van der Waals surface area (Å²) in [5.74, 6) is 1.59. The molecule has 0 saturated carbocycles. The minimum atomic E-state index is -0.407. The summed E-state index contributed by atoms with van der Waals surface area (Å²) in [7, 11) is 0. The molecule has 0 saturated heterocycles. The number of anilines is 1. The van der Waals surface area contributed by atoms with Crippen LogP contribution in [-0.2, 0) is 6.42 Å². The highest BCUT2D eigenvalue weighted by atomic mass is 35.5. The van der Waals surface area contributed by atoms with Crippen molar-refractivity contribution in [1.82, 2.24) is 20.3 Å². The van der Waals surface area contributed by atoms with E-state index in [2.05, 4.69) is 25.7 Å². The molecule has 108 valence electrons. The summed E-state index contributed by atoms with van der Waals surface area (Å²) in [6, 6.07) is 0. The van der Waals surface area contributed by atoms with Crippen molar-refractivity contribution in [2.24, 2.45) is 0 Å². The van der Waals surface area contributed by atoms with Gasteiger partial charge in [0.25, 0.3) is 5.56 Å². The molecule has 20 heavy (non-hydrogen) atoms. The van der Waals surface area contributed by atoms with E-state index in [0.717, 1.165) is 12.2 Å². The predicted molar refractivity (Wildman–Crippen MR) is 75.1 cm³/mol. The van der Waals surface area contributed by atoms with Crippen LogP contribution in [0.25, 0.3) is 0 Å². The molecule has 0 radical (unpaired) electrons. The topological polar surface area (TPSA) is 96.7 Å². The average molecular weight is 298 g/mol. The number of hydrogen-bond donors (Lipinski definition) is 2. The molecule has 0 aliphatic carbocycles. The molecule has 7 nitrogen and oxygen atoms in total. The van der Waals surface area contributed by atoms with E-state index in [1.807, 2.05) is 13.8 Å². The molecule has 2 rings (SSSR count). The normalized spacial score (nSPS) is 11.0. The monoisotopic (exact) mass is 297 g/mol. The van der Waals surface area contributed by atoms with Crippen LogP contribution in [0.4, 0.5) is 5.69 Å². The molecule has 0 atom stereocenters. The van der Waals surface area contributed by atoms with Crippen molar-refractivity contribution in [3.05, 3.63) is 33.3 Å². The number of aromatic nitrogens is 4. The molecule has 0 aliphatic rings. The Morgan fingerprint density at radius 1 is 1.50 bits per heavy atom. The van der Waals surface area contributed by atoms with E-state index >= 15 is 0 Å². The van der Waals surface area contributed by atoms with Crippen molar-refractivity contribution in [2.45, 2.75) is 32.6 Å². The quantitative estimate of drug-likeness (QED) is 0.791. The molecule has 2 aromatic rings. The maximum atomic E-state index is 11.2. The average Bonchev–Trinajstić information content (AvgIpc) is 2.88. The second kappa shape index (κ2) is 6.51. The lowest BCUT2D eigenvalue weighted by molar-refractivity contribution is 0.369. The molecule has 8 heteroatoms. The summed E-state index contributed by atoms with van der Waals surface area (Å²) in [4.78, 5) is 15.5. The van der Waals surface area contributed by atoms with Crippen molar-refractivity contribution in [3.8, 4) is 0 Å². The third kappa shape index (κ3) is 3.57. The zero-order chi connectivity index (χ0) is 14.5. The van der Waals surface area contributed by atoms with Gasteiger partial charge in [-0.25, -0.2) is 5.10 Å². The van der Waals surface area contributed by atoms with Crippen LogP contribution in [0, 0.1) is 0 Å². The maximum Gasteiger partial charge on any atom is 0.285 e. The zero-order valence-corrected chi connectivity index (χ0v) is 12.1. The summed E-state index contributed by atoms with van der Waals surface area (Å²) < 4.78 is 5.14. The minimum absolute atomic E-state index is 0.111. The number of aromatic amines is 1. The lowest BCUT2D eigenvalue weighted by Crippen LogP contribution is -2.12. The zero-order valence-electron chi connectivity index (χ0n) is 11.3. The molecule has 2 heterocycles. The van der Waals surface area contributed by atoms with E-state index in [1.165, 1.54) is 6.20 Å². The number of aryl methyl sites for hydroxylation is 1. The third-order valence-corrected chi connectivity index (χ3v) is 3.05. The van der Waals surface area contributed by atoms with Gasteiger partial charge < -0.3 is 9.84 Å². The number of H-pyrrole nitrogens is 1. The number of hydrogen-bond acceptors (Lipinski definition) is 6. The first kappa shape index (κ1) is 14.5. The Morgan fingerprint density at radius 2 is 2.30 bits per heavy atom. The third-order valence-electron chi connectivity index (χ3n) is 2.68. The summed E-state index contributed by atoms with van der Waals surface area (Å²) in [6.07, 6.45) is 2.93. The van der Waals surface area contributed by atoms with Crippen molar-refractivity contribution in [3.63, 3.8) is 0 Å². The van der Waals surface area contributed by atoms with E-state index < -0.39 is 5.56 Å². The molecule has 0 amide bonds. The second-order valence-electron chi connectivity index (χ2n) is 4.66. The van der Waals surface area contributed by atoms with E-state index in [9.17, 15) is 4.79 Å². The van der Waals surface area contributed by atoms with Crippen molar-refractivity contribution < 1.29 is 4.52 Å². The van der Waals surface area contributed by atoms with Gasteiger partial charge in [0.05, 0.1) is 11.9 Å². The fourth-order valence-corrected chi connectivity index (χ4v) is 1.73. The van der Waals surface area contributed by atoms with Crippen LogP contribution >= 0.6 is 11.6 Å². The molecule has 0 aliphatic heterocycles. The number of rotatable bonds is 6. The van der Waals surface area contributed by atoms with Gasteiger partial charge in [-0.05, 0) is 6.42 Å². The van der Waals surface area contributed by atoms with Gasteiger partial charge in [-0.2, -0.15) is 10.1 Å². The smallest absolute Gasteiger partial charge is 0.285 e. The fourth-order valence-electron chi connectivity index (χ4n) is 1.57. The van der Waals surface area contributed by atoms with Crippen LogP contribution in [-0.4, -0.2) is 26.9 Å². The molecule has 0 fully saturated rings. The van der Waals surface area contributed by atoms with Gasteiger partial charge in [-0.15, -0.1) is 0 Å². The van der Waals surface area contributed by atoms with Crippen LogP contribution in [0.3, 0.4) is 0 Å². The molecule has 0 aromatic carbocycles. The first-order valence-electron chi connectivity index (χ1n) is 6.37. The van der Waals surface area contributed by atoms with Gasteiger partial charge in [0.1, 0.15) is 5.02 Å². The van der Waals surface area contributed by atoms with Crippen LogP contribution in [0.15, 0.2) is 15.5 Å². The molecule has 2 N–H and O–H groups in total. The van der Waals surface area contributed by atoms with Crippen LogP contribution in [0.1, 0.15) is 37.9 Å². The molecule has 0 spiro atoms. The number of halogens is 1. The standard InChI is InChI=1S/C12H16ClN5O2/c1-7(2)11-16-9(20-18-11)4-3-5-14-8-6-15-17-12(19)10(8)13/h6-7H,3-5H2,1-2H3,(H2,14,17,19). The molecule has 2 aromatic heterocycles. The van der Waals surface area contributed by atoms with Gasteiger partial charge in [0, 0.05) is 18.9 Å². The summed E-state index contributed by atoms with van der Waals surface area (Å²) in [6.45, 7) is 4.65. The maximum absolute atomic E-state index is 11.2.